The number of halogens is 4. The van der Waals surface area contributed by atoms with E-state index in [9.17, 15) is 90.4 Å². The van der Waals surface area contributed by atoms with Crippen molar-refractivity contribution >= 4 is 88.2 Å². The summed E-state index contributed by atoms with van der Waals surface area (Å²) in [6.07, 6.45) is -2.78. The largest absolute Gasteiger partial charge is 0.481 e. The number of nitrogens with one attached hydrogen (secondary N) is 8. The van der Waals surface area contributed by atoms with Crippen LogP contribution in [0.5, 0.6) is 11.5 Å². The van der Waals surface area contributed by atoms with Gasteiger partial charge in [-0.2, -0.15) is 0 Å². The summed E-state index contributed by atoms with van der Waals surface area (Å²) in [4.78, 5) is 160. The van der Waals surface area contributed by atoms with Crippen LogP contribution in [0.4, 0.5) is 34.6 Å². The number of carbonyl (C=O) groups excluding carboxylic acids is 9. The van der Waals surface area contributed by atoms with Crippen molar-refractivity contribution in [1.82, 2.24) is 42.5 Å². The number of carboxylic acids is 3. The summed E-state index contributed by atoms with van der Waals surface area (Å²) in [5.41, 5.74) is 13.1. The van der Waals surface area contributed by atoms with E-state index in [-0.39, 0.29) is 62.7 Å². The Bertz CT molecular complexity index is 3690. The van der Waals surface area contributed by atoms with E-state index in [2.05, 4.69) is 47.2 Å². The molecule has 0 aromatic heterocycles. The number of anilines is 2. The minimum atomic E-state index is -2.11. The SMILES string of the molecule is C[C@@H](NC(=O)CNC(=O)[C@@H](N)CCCCNC(=O)c1c(F)c(F)c(N=[N+]=[N-])c(F)c1F)C(=O)N[C@H](CCC(=O)O)C(=O)N[C@H](CCC(=O)O)C(=O)N[C@@H](CCCCNC(=O)c1ccc2c(c1)C(=O)OC21c2ccc(N(C)C)cc2Oc2cc(N(C)C)ccc21)C(=O)NCC(=O)O. The van der Waals surface area contributed by atoms with Gasteiger partial charge in [-0.1, -0.05) is 11.2 Å². The molecule has 2 aliphatic heterocycles. The number of rotatable bonds is 34. The van der Waals surface area contributed by atoms with Gasteiger partial charge in [-0.3, -0.25) is 52.7 Å². The number of amides is 8. The second-order valence-corrected chi connectivity index (χ2v) is 22.5. The third-order valence-electron chi connectivity index (χ3n) is 15.3. The maximum Gasteiger partial charge on any atom is 0.340 e. The molecule has 5 atom stereocenters. The van der Waals surface area contributed by atoms with Crippen LogP contribution in [0.1, 0.15) is 119 Å². The molecule has 0 saturated carbocycles. The number of azide groups is 1. The molecule has 514 valence electrons. The predicted octanol–water partition coefficient (Wildman–Crippen LogP) is 2.72. The number of fused-ring (bicyclic) bond motifs is 6. The van der Waals surface area contributed by atoms with E-state index < -0.39 is 180 Å². The number of hydrogen-bond donors (Lipinski definition) is 12. The Balaban J connectivity index is 1.02. The van der Waals surface area contributed by atoms with Gasteiger partial charge < -0.3 is 82.9 Å². The number of aliphatic carboxylic acids is 3. The van der Waals surface area contributed by atoms with Crippen LogP contribution < -0.4 is 62.8 Å². The molecular weight excluding hydrogens is 1280 g/mol. The van der Waals surface area contributed by atoms with E-state index in [1.807, 2.05) is 79.7 Å². The summed E-state index contributed by atoms with van der Waals surface area (Å²) in [5, 5.41) is 49.1. The number of ether oxygens (including phenoxy) is 2. The smallest absolute Gasteiger partial charge is 0.340 e. The predicted molar refractivity (Wildman–Crippen MR) is 330 cm³/mol. The lowest BCUT2D eigenvalue weighted by atomic mass is 9.77. The number of benzene rings is 4. The summed E-state index contributed by atoms with van der Waals surface area (Å²) in [6.45, 7) is -0.870. The average Bonchev–Trinajstić information content (AvgIpc) is 1.47. The standard InChI is InChI=1S/C61H70F4N14O17/c1-29(72-43(80)27-70-55(89)37(66)10-6-8-23-69-59(93)47-48(62)50(64)52(76-77-67)51(65)49(47)63)53(87)73-39(18-20-44(81)82)57(91)75-40(19-21-45(83)84)58(92)74-38(56(90)71-28-46(85)86)11-7-9-22-68-54(88)30-12-15-34-33(24-30)60(94)96-61(34)35-16-13-31(78(2)3)25-41(35)95-42-26-32(79(4)5)14-17-36(42)61/h12-17,24-26,29,37-40H,6-11,18-23,27-28,66H2,1-5H3,(H,68,88)(H,69,93)(H,70,89)(H,71,90)(H,72,80)(H,73,87)(H,74,92)(H,75,91)(H,81,82)(H,83,84)(H,85,86)/t29-,37+,38+,39-,40-/m1/s1. The Kier molecular flexibility index (Phi) is 25.5. The zero-order chi connectivity index (χ0) is 70.9. The van der Waals surface area contributed by atoms with Gasteiger partial charge in [0.15, 0.2) is 28.9 Å². The van der Waals surface area contributed by atoms with Gasteiger partial charge in [0.2, 0.25) is 35.4 Å². The summed E-state index contributed by atoms with van der Waals surface area (Å²) >= 11 is 0. The molecule has 8 amide bonds. The molecule has 0 saturated heterocycles. The molecule has 0 radical (unpaired) electrons. The van der Waals surface area contributed by atoms with Gasteiger partial charge in [-0.15, -0.1) is 0 Å². The van der Waals surface area contributed by atoms with Crippen molar-refractivity contribution in [1.29, 1.82) is 0 Å². The Morgan fingerprint density at radius 1 is 0.583 bits per heavy atom. The fourth-order valence-electron chi connectivity index (χ4n) is 10.2. The van der Waals surface area contributed by atoms with E-state index in [1.165, 1.54) is 12.1 Å². The van der Waals surface area contributed by atoms with Crippen molar-refractivity contribution in [3.63, 3.8) is 0 Å². The molecule has 6 rings (SSSR count). The van der Waals surface area contributed by atoms with Crippen LogP contribution in [0.25, 0.3) is 10.4 Å². The Labute approximate surface area is 544 Å². The molecule has 1 spiro atoms. The lowest BCUT2D eigenvalue weighted by Crippen LogP contribution is -2.58. The van der Waals surface area contributed by atoms with Gasteiger partial charge in [0, 0.05) is 105 Å². The number of nitrogens with two attached hydrogens (primary N) is 1. The van der Waals surface area contributed by atoms with Gasteiger partial charge in [0.05, 0.1) is 18.2 Å². The lowest BCUT2D eigenvalue weighted by Gasteiger charge is -2.37. The van der Waals surface area contributed by atoms with E-state index in [0.717, 1.165) is 18.3 Å². The third kappa shape index (κ3) is 18.4. The van der Waals surface area contributed by atoms with Crippen molar-refractivity contribution < 1.29 is 99.9 Å². The van der Waals surface area contributed by atoms with Gasteiger partial charge in [0.1, 0.15) is 53.5 Å². The Hall–Kier alpha value is -11.1. The molecule has 2 aliphatic rings. The van der Waals surface area contributed by atoms with Crippen molar-refractivity contribution in [3.8, 4) is 11.5 Å². The zero-order valence-corrected chi connectivity index (χ0v) is 52.4. The molecule has 96 heavy (non-hydrogen) atoms. The number of nitrogens with zero attached hydrogens (tertiary/aromatic N) is 5. The average molecular weight is 1350 g/mol. The summed E-state index contributed by atoms with van der Waals surface area (Å²) in [5.74, 6) is -21.0. The number of esters is 1. The van der Waals surface area contributed by atoms with Gasteiger partial charge in [-0.05, 0) is 100 Å². The monoisotopic (exact) mass is 1350 g/mol. The summed E-state index contributed by atoms with van der Waals surface area (Å²) in [7, 11) is 7.48. The summed E-state index contributed by atoms with van der Waals surface area (Å²) in [6, 6.07) is 7.76. The number of hydrogen-bond acceptors (Lipinski definition) is 18. The second kappa shape index (κ2) is 33.1. The van der Waals surface area contributed by atoms with Crippen molar-refractivity contribution in [3.05, 3.63) is 122 Å². The van der Waals surface area contributed by atoms with Crippen molar-refractivity contribution in [2.45, 2.75) is 107 Å². The Morgan fingerprint density at radius 2 is 1.07 bits per heavy atom. The van der Waals surface area contributed by atoms with E-state index in [1.54, 1.807) is 6.07 Å². The van der Waals surface area contributed by atoms with Crippen LogP contribution in [0.2, 0.25) is 0 Å². The minimum Gasteiger partial charge on any atom is -0.481 e. The minimum absolute atomic E-state index is 0.0145. The highest BCUT2D eigenvalue weighted by Gasteiger charge is 2.54. The highest BCUT2D eigenvalue weighted by molar-refractivity contribution is 6.02. The molecule has 0 bridgehead atoms. The van der Waals surface area contributed by atoms with Gasteiger partial charge >= 0.3 is 23.9 Å². The molecule has 0 unspecified atom stereocenters. The third-order valence-corrected chi connectivity index (χ3v) is 15.3. The second-order valence-electron chi connectivity index (χ2n) is 22.5. The Morgan fingerprint density at radius 3 is 1.58 bits per heavy atom. The number of unbranched alkanes of at least 4 members (excludes halogenated alkanes) is 2. The maximum atomic E-state index is 14.3. The molecule has 4 aromatic rings. The molecule has 4 aromatic carbocycles. The normalized spacial score (nSPS) is 13.7. The lowest BCUT2D eigenvalue weighted by molar-refractivity contribution is -0.140. The first-order valence-electron chi connectivity index (χ1n) is 29.7. The van der Waals surface area contributed by atoms with Crippen LogP contribution >= 0.6 is 0 Å². The van der Waals surface area contributed by atoms with Crippen molar-refractivity contribution in [2.75, 3.05) is 64.2 Å². The van der Waals surface area contributed by atoms with Crippen LogP contribution in [-0.4, -0.2) is 171 Å². The fourth-order valence-corrected chi connectivity index (χ4v) is 10.2. The molecule has 0 aliphatic carbocycles. The van der Waals surface area contributed by atoms with Crippen LogP contribution in [0.15, 0.2) is 59.7 Å². The van der Waals surface area contributed by atoms with Crippen LogP contribution in [-0.2, 0) is 53.5 Å². The molecule has 31 nitrogen and oxygen atoms in total. The summed E-state index contributed by atoms with van der Waals surface area (Å²) < 4.78 is 69.7. The first-order chi connectivity index (χ1) is 45.4. The molecule has 35 heteroatoms. The topological polar surface area (TPSA) is 461 Å². The van der Waals surface area contributed by atoms with Crippen LogP contribution in [0, 0.1) is 23.3 Å². The van der Waals surface area contributed by atoms with E-state index in [4.69, 9.17) is 20.7 Å². The van der Waals surface area contributed by atoms with Gasteiger partial charge in [0.25, 0.3) is 11.8 Å². The van der Waals surface area contributed by atoms with Gasteiger partial charge in [-0.25, -0.2) is 22.4 Å². The highest BCUT2D eigenvalue weighted by atomic mass is 19.2. The first kappa shape index (κ1) is 74.0. The van der Waals surface area contributed by atoms with E-state index >= 15 is 0 Å². The molecule has 0 fully saturated rings. The highest BCUT2D eigenvalue weighted by Crippen LogP contribution is 2.57. The maximum absolute atomic E-state index is 14.3. The molecule has 2 heterocycles. The zero-order valence-electron chi connectivity index (χ0n) is 52.4. The van der Waals surface area contributed by atoms with E-state index in [0.29, 0.717) is 28.2 Å². The molecule has 13 N–H and O–H groups in total. The molecular formula is C61H70F4N14O17. The van der Waals surface area contributed by atoms with Crippen LogP contribution in [0.3, 0.4) is 0 Å². The number of carbonyl (C=O) groups is 12. The van der Waals surface area contributed by atoms with Crippen molar-refractivity contribution in [2.24, 2.45) is 10.8 Å². The number of carboxylic acid groups (broad SMARTS) is 3. The first-order valence-corrected chi connectivity index (χ1v) is 29.7. The fraction of sp³-hybridized carbons (Fsp3) is 0.410. The quantitative estimate of drug-likeness (QED) is 0.00608.